The summed E-state index contributed by atoms with van der Waals surface area (Å²) in [5.41, 5.74) is 2.85. The van der Waals surface area contributed by atoms with E-state index in [4.69, 9.17) is 9.47 Å². The minimum Gasteiger partial charge on any atom is -0.454 e. The molecule has 3 heterocycles. The zero-order valence-electron chi connectivity index (χ0n) is 16.7. The third-order valence-electron chi connectivity index (χ3n) is 6.43. The molecule has 2 aliphatic heterocycles. The van der Waals surface area contributed by atoms with Crippen LogP contribution >= 0.6 is 0 Å². The van der Waals surface area contributed by atoms with E-state index in [0.717, 1.165) is 67.9 Å². The van der Waals surface area contributed by atoms with Crippen molar-refractivity contribution in [1.29, 1.82) is 0 Å². The first-order valence-electron chi connectivity index (χ1n) is 10.6. The molecule has 1 aromatic heterocycles. The fraction of sp³-hybridized carbons (Fsp3) is 0.417. The Balaban J connectivity index is 1.11. The third kappa shape index (κ3) is 3.72. The Labute approximate surface area is 171 Å². The number of ether oxygens (including phenoxy) is 2. The Morgan fingerprint density at radius 2 is 1.76 bits per heavy atom. The lowest BCUT2D eigenvalue weighted by atomic mass is 9.84. The number of likely N-dealkylation sites (tertiary alicyclic amines) is 1. The molecular formula is C24H28N2O3. The van der Waals surface area contributed by atoms with Crippen LogP contribution in [-0.2, 0) is 12.0 Å². The van der Waals surface area contributed by atoms with Crippen molar-refractivity contribution in [2.45, 2.75) is 37.7 Å². The molecule has 0 aliphatic carbocycles. The largest absolute Gasteiger partial charge is 0.454 e. The number of hydrogen-bond donors (Lipinski definition) is 2. The lowest BCUT2D eigenvalue weighted by molar-refractivity contribution is -0.0260. The summed E-state index contributed by atoms with van der Waals surface area (Å²) in [6, 6.07) is 14.2. The summed E-state index contributed by atoms with van der Waals surface area (Å²) < 4.78 is 11.0. The Kier molecular flexibility index (Phi) is 4.94. The van der Waals surface area contributed by atoms with Gasteiger partial charge in [0.25, 0.3) is 0 Å². The van der Waals surface area contributed by atoms with Crippen molar-refractivity contribution in [3.8, 4) is 11.5 Å². The fourth-order valence-corrected chi connectivity index (χ4v) is 4.61. The highest BCUT2D eigenvalue weighted by atomic mass is 16.7. The topological polar surface area (TPSA) is 57.7 Å². The van der Waals surface area contributed by atoms with Crippen LogP contribution in [-0.4, -0.2) is 41.4 Å². The summed E-state index contributed by atoms with van der Waals surface area (Å²) in [7, 11) is 0. The fourth-order valence-electron chi connectivity index (χ4n) is 4.61. The number of H-pyrrole nitrogens is 1. The van der Waals surface area contributed by atoms with E-state index in [2.05, 4.69) is 22.1 Å². The Bertz CT molecular complexity index is 974. The number of aromatic nitrogens is 1. The number of aryl methyl sites for hydroxylation is 1. The van der Waals surface area contributed by atoms with Crippen molar-refractivity contribution in [3.05, 3.63) is 59.8 Å². The molecule has 3 aromatic rings. The lowest BCUT2D eigenvalue weighted by Crippen LogP contribution is -2.42. The molecule has 0 spiro atoms. The predicted octanol–water partition coefficient (Wildman–Crippen LogP) is 4.20. The maximum Gasteiger partial charge on any atom is 0.231 e. The second-order valence-electron chi connectivity index (χ2n) is 8.26. The van der Waals surface area contributed by atoms with Gasteiger partial charge in [-0.25, -0.2) is 0 Å². The van der Waals surface area contributed by atoms with E-state index in [0.29, 0.717) is 6.79 Å². The molecule has 5 nitrogen and oxygen atoms in total. The zero-order chi connectivity index (χ0) is 19.7. The minimum atomic E-state index is -0.659. The molecule has 0 atom stereocenters. The van der Waals surface area contributed by atoms with Crippen molar-refractivity contribution < 1.29 is 14.6 Å². The highest BCUT2D eigenvalue weighted by molar-refractivity contribution is 5.86. The van der Waals surface area contributed by atoms with Crippen LogP contribution in [0.5, 0.6) is 11.5 Å². The van der Waals surface area contributed by atoms with Gasteiger partial charge < -0.3 is 24.5 Å². The van der Waals surface area contributed by atoms with E-state index < -0.39 is 5.60 Å². The van der Waals surface area contributed by atoms with E-state index in [1.165, 1.54) is 17.4 Å². The molecule has 0 bridgehead atoms. The molecule has 2 aromatic carbocycles. The van der Waals surface area contributed by atoms with Crippen molar-refractivity contribution in [3.63, 3.8) is 0 Å². The van der Waals surface area contributed by atoms with Gasteiger partial charge in [-0.1, -0.05) is 30.3 Å². The predicted molar refractivity (Wildman–Crippen MR) is 113 cm³/mol. The molecule has 152 valence electrons. The van der Waals surface area contributed by atoms with Gasteiger partial charge in [-0.05, 0) is 55.8 Å². The van der Waals surface area contributed by atoms with Gasteiger partial charge in [0.15, 0.2) is 11.5 Å². The average Bonchev–Trinajstić information content (AvgIpc) is 3.38. The highest BCUT2D eigenvalue weighted by Crippen LogP contribution is 2.37. The van der Waals surface area contributed by atoms with Crippen molar-refractivity contribution in [2.24, 2.45) is 0 Å². The Morgan fingerprint density at radius 3 is 2.55 bits per heavy atom. The van der Waals surface area contributed by atoms with Gasteiger partial charge in [0.1, 0.15) is 0 Å². The molecule has 5 rings (SSSR count). The number of unbranched alkanes of at least 4 members (excludes halogenated alkanes) is 1. The summed E-state index contributed by atoms with van der Waals surface area (Å²) >= 11 is 0. The summed E-state index contributed by atoms with van der Waals surface area (Å²) in [6.07, 6.45) is 7.11. The number of rotatable bonds is 6. The van der Waals surface area contributed by atoms with Gasteiger partial charge in [0, 0.05) is 36.3 Å². The van der Waals surface area contributed by atoms with Crippen molar-refractivity contribution in [2.75, 3.05) is 26.4 Å². The van der Waals surface area contributed by atoms with Gasteiger partial charge in [0.2, 0.25) is 6.79 Å². The van der Waals surface area contributed by atoms with Crippen LogP contribution in [0.15, 0.2) is 48.7 Å². The minimum absolute atomic E-state index is 0.312. The van der Waals surface area contributed by atoms with E-state index in [-0.39, 0.29) is 0 Å². The summed E-state index contributed by atoms with van der Waals surface area (Å²) in [4.78, 5) is 5.85. The maximum atomic E-state index is 11.0. The van der Waals surface area contributed by atoms with Crippen LogP contribution in [0.25, 0.3) is 10.9 Å². The number of nitrogens with one attached hydrogen (secondary N) is 1. The lowest BCUT2D eigenvalue weighted by Gasteiger charge is -2.38. The Morgan fingerprint density at radius 1 is 1.00 bits per heavy atom. The second kappa shape index (κ2) is 7.73. The molecular weight excluding hydrogens is 364 g/mol. The number of hydrogen-bond acceptors (Lipinski definition) is 4. The Hall–Kier alpha value is -2.50. The van der Waals surface area contributed by atoms with E-state index >= 15 is 0 Å². The first kappa shape index (κ1) is 18.5. The molecule has 2 N–H and O–H groups in total. The van der Waals surface area contributed by atoms with Gasteiger partial charge >= 0.3 is 0 Å². The monoisotopic (exact) mass is 392 g/mol. The van der Waals surface area contributed by atoms with E-state index in [1.54, 1.807) is 0 Å². The smallest absolute Gasteiger partial charge is 0.231 e. The van der Waals surface area contributed by atoms with Crippen molar-refractivity contribution in [1.82, 2.24) is 9.88 Å². The molecule has 0 saturated carbocycles. The summed E-state index contributed by atoms with van der Waals surface area (Å²) in [5, 5.41) is 12.2. The first-order chi connectivity index (χ1) is 14.2. The number of aromatic amines is 1. The molecule has 1 fully saturated rings. The van der Waals surface area contributed by atoms with Gasteiger partial charge in [-0.3, -0.25) is 0 Å². The van der Waals surface area contributed by atoms with E-state index in [1.807, 2.05) is 36.4 Å². The third-order valence-corrected chi connectivity index (χ3v) is 6.43. The molecule has 1 saturated heterocycles. The number of fused-ring (bicyclic) bond motifs is 2. The average molecular weight is 392 g/mol. The molecule has 5 heteroatoms. The van der Waals surface area contributed by atoms with Crippen LogP contribution in [0, 0.1) is 0 Å². The van der Waals surface area contributed by atoms with Crippen LogP contribution in [0.2, 0.25) is 0 Å². The van der Waals surface area contributed by atoms with Gasteiger partial charge in [-0.2, -0.15) is 0 Å². The van der Waals surface area contributed by atoms with E-state index in [9.17, 15) is 5.11 Å². The number of aliphatic hydroxyl groups is 1. The standard InChI is InChI=1S/C24H28N2O3/c27-24(19-7-2-1-3-8-19)9-12-26(13-10-24)11-5-4-6-18-16-25-21-15-23-22(14-20(18)21)28-17-29-23/h1-3,7-8,14-16,25,27H,4-6,9-13,17H2. The SMILES string of the molecule is OC1(c2ccccc2)CCN(CCCCc2c[nH]c3cc4c(cc23)OCO4)CC1. The number of benzene rings is 2. The first-order valence-corrected chi connectivity index (χ1v) is 10.6. The summed E-state index contributed by atoms with van der Waals surface area (Å²) in [5.74, 6) is 1.67. The molecule has 0 unspecified atom stereocenters. The van der Waals surface area contributed by atoms with Crippen LogP contribution in [0.3, 0.4) is 0 Å². The van der Waals surface area contributed by atoms with Crippen molar-refractivity contribution >= 4 is 10.9 Å². The second-order valence-corrected chi connectivity index (χ2v) is 8.26. The molecule has 29 heavy (non-hydrogen) atoms. The normalized spacial score (nSPS) is 18.4. The molecule has 0 amide bonds. The molecule has 2 aliphatic rings. The number of piperidine rings is 1. The summed E-state index contributed by atoms with van der Waals surface area (Å²) in [6.45, 7) is 3.33. The number of nitrogens with zero attached hydrogens (tertiary/aromatic N) is 1. The van der Waals surface area contributed by atoms with Crippen LogP contribution in [0.4, 0.5) is 0 Å². The van der Waals surface area contributed by atoms with Gasteiger partial charge in [0.05, 0.1) is 5.60 Å². The zero-order valence-corrected chi connectivity index (χ0v) is 16.7. The highest BCUT2D eigenvalue weighted by Gasteiger charge is 2.33. The maximum absolute atomic E-state index is 11.0. The molecule has 0 radical (unpaired) electrons. The van der Waals surface area contributed by atoms with Gasteiger partial charge in [-0.15, -0.1) is 0 Å². The quantitative estimate of drug-likeness (QED) is 0.617. The van der Waals surface area contributed by atoms with Crippen LogP contribution in [0.1, 0.15) is 36.8 Å². The van der Waals surface area contributed by atoms with Crippen LogP contribution < -0.4 is 9.47 Å².